The molecule has 0 saturated carbocycles. The first-order chi connectivity index (χ1) is 16.2. The number of aliphatic carboxylic acids is 1. The molecule has 0 radical (unpaired) electrons. The fourth-order valence-electron chi connectivity index (χ4n) is 4.07. The van der Waals surface area contributed by atoms with Crippen LogP contribution in [0.25, 0.3) is 0 Å². The summed E-state index contributed by atoms with van der Waals surface area (Å²) in [6.07, 6.45) is 10.6. The molecular weight excluding hydrogens is 416 g/mol. The second kappa shape index (κ2) is 11.1. The van der Waals surface area contributed by atoms with Crippen LogP contribution in [-0.4, -0.2) is 35.0 Å². The number of carbonyl (C=O) groups is 1. The zero-order chi connectivity index (χ0) is 22.9. The van der Waals surface area contributed by atoms with Crippen molar-refractivity contribution >= 4 is 11.7 Å². The van der Waals surface area contributed by atoms with Gasteiger partial charge in [0.25, 0.3) is 0 Å². The Morgan fingerprint density at radius 1 is 1.06 bits per heavy atom. The number of allylic oxidation sites excluding steroid dienone is 1. The number of carboxylic acid groups (broad SMARTS) is 1. The largest absolute Gasteiger partial charge is 0.482 e. The summed E-state index contributed by atoms with van der Waals surface area (Å²) in [5, 5.41) is 13.3. The molecule has 0 bridgehead atoms. The third kappa shape index (κ3) is 5.86. The number of oxime groups is 1. The SMILES string of the molecule is O=C(O)COc1cccc2c1CCCC2/C=C/CO/N=C(/c1ccccc1)c1ccncc1. The topological polar surface area (TPSA) is 81.0 Å². The maximum atomic E-state index is 10.9. The highest BCUT2D eigenvalue weighted by atomic mass is 16.6. The highest BCUT2D eigenvalue weighted by Crippen LogP contribution is 2.37. The Labute approximate surface area is 193 Å². The van der Waals surface area contributed by atoms with Crippen molar-refractivity contribution in [1.82, 2.24) is 4.98 Å². The summed E-state index contributed by atoms with van der Waals surface area (Å²) in [6, 6.07) is 19.6. The summed E-state index contributed by atoms with van der Waals surface area (Å²) in [5.74, 6) is -0.0681. The van der Waals surface area contributed by atoms with Gasteiger partial charge in [0, 0.05) is 29.4 Å². The summed E-state index contributed by atoms with van der Waals surface area (Å²) in [5.41, 5.74) is 4.96. The monoisotopic (exact) mass is 442 g/mol. The van der Waals surface area contributed by atoms with Gasteiger partial charge < -0.3 is 14.7 Å². The number of rotatable bonds is 9. The van der Waals surface area contributed by atoms with Crippen molar-refractivity contribution in [2.45, 2.75) is 25.2 Å². The van der Waals surface area contributed by atoms with Gasteiger partial charge in [-0.2, -0.15) is 0 Å². The fraction of sp³-hybridized carbons (Fsp3) is 0.222. The molecule has 2 aromatic carbocycles. The number of pyridine rings is 1. The minimum atomic E-state index is -0.973. The van der Waals surface area contributed by atoms with Crippen LogP contribution < -0.4 is 4.74 Å². The zero-order valence-corrected chi connectivity index (χ0v) is 18.3. The summed E-state index contributed by atoms with van der Waals surface area (Å²) in [6.45, 7) is 0.0203. The van der Waals surface area contributed by atoms with E-state index in [0.29, 0.717) is 12.4 Å². The average Bonchev–Trinajstić information content (AvgIpc) is 2.86. The third-order valence-corrected chi connectivity index (χ3v) is 5.56. The van der Waals surface area contributed by atoms with Crippen LogP contribution in [-0.2, 0) is 16.1 Å². The lowest BCUT2D eigenvalue weighted by molar-refractivity contribution is -0.139. The number of aromatic nitrogens is 1. The van der Waals surface area contributed by atoms with E-state index in [1.165, 1.54) is 5.56 Å². The molecule has 6 nitrogen and oxygen atoms in total. The molecule has 6 heteroatoms. The Balaban J connectivity index is 1.44. The van der Waals surface area contributed by atoms with E-state index in [2.05, 4.69) is 22.3 Å². The molecule has 1 heterocycles. The number of hydrogen-bond donors (Lipinski definition) is 1. The molecule has 4 rings (SSSR count). The van der Waals surface area contributed by atoms with E-state index in [9.17, 15) is 4.79 Å². The highest BCUT2D eigenvalue weighted by Gasteiger charge is 2.21. The first-order valence-electron chi connectivity index (χ1n) is 11.0. The van der Waals surface area contributed by atoms with E-state index in [4.69, 9.17) is 14.7 Å². The standard InChI is InChI=1S/C27H26N2O4/c30-26(31)19-32-25-13-5-11-23-20(9-4-12-24(23)25)10-6-18-33-29-27(21-7-2-1-3-8-21)22-14-16-28-17-15-22/h1-3,5-8,10-11,13-17,20H,4,9,12,18-19H2,(H,30,31)/b10-6+,29-27-. The lowest BCUT2D eigenvalue weighted by Crippen LogP contribution is -2.14. The van der Waals surface area contributed by atoms with Gasteiger partial charge in [-0.1, -0.05) is 53.7 Å². The molecule has 1 aliphatic rings. The number of ether oxygens (including phenoxy) is 1. The summed E-state index contributed by atoms with van der Waals surface area (Å²) >= 11 is 0. The lowest BCUT2D eigenvalue weighted by Gasteiger charge is -2.25. The summed E-state index contributed by atoms with van der Waals surface area (Å²) in [4.78, 5) is 20.6. The number of fused-ring (bicyclic) bond motifs is 1. The molecule has 168 valence electrons. The van der Waals surface area contributed by atoms with Gasteiger partial charge in [-0.15, -0.1) is 0 Å². The number of hydrogen-bond acceptors (Lipinski definition) is 5. The van der Waals surface area contributed by atoms with Crippen LogP contribution in [0.1, 0.15) is 41.0 Å². The smallest absolute Gasteiger partial charge is 0.341 e. The molecule has 1 N–H and O–H groups in total. The van der Waals surface area contributed by atoms with Crippen LogP contribution in [0.4, 0.5) is 0 Å². The fourth-order valence-corrected chi connectivity index (χ4v) is 4.07. The second-order valence-corrected chi connectivity index (χ2v) is 7.77. The van der Waals surface area contributed by atoms with Gasteiger partial charge >= 0.3 is 5.97 Å². The van der Waals surface area contributed by atoms with Gasteiger partial charge in [-0.3, -0.25) is 4.98 Å². The van der Waals surface area contributed by atoms with Crippen molar-refractivity contribution in [3.8, 4) is 5.75 Å². The molecule has 0 saturated heterocycles. The van der Waals surface area contributed by atoms with E-state index in [1.54, 1.807) is 12.4 Å². The van der Waals surface area contributed by atoms with Crippen LogP contribution in [0.15, 0.2) is 90.4 Å². The molecule has 0 amide bonds. The van der Waals surface area contributed by atoms with E-state index >= 15 is 0 Å². The highest BCUT2D eigenvalue weighted by molar-refractivity contribution is 6.12. The molecule has 3 aromatic rings. The first-order valence-corrected chi connectivity index (χ1v) is 11.0. The molecule has 1 aliphatic carbocycles. The van der Waals surface area contributed by atoms with Gasteiger partial charge in [0.2, 0.25) is 0 Å². The van der Waals surface area contributed by atoms with Gasteiger partial charge in [-0.05, 0) is 54.7 Å². The second-order valence-electron chi connectivity index (χ2n) is 7.77. The third-order valence-electron chi connectivity index (χ3n) is 5.56. The van der Waals surface area contributed by atoms with Crippen LogP contribution >= 0.6 is 0 Å². The van der Waals surface area contributed by atoms with Gasteiger partial charge in [0.1, 0.15) is 18.1 Å². The van der Waals surface area contributed by atoms with Gasteiger partial charge in [0.05, 0.1) is 0 Å². The van der Waals surface area contributed by atoms with Crippen LogP contribution in [0.5, 0.6) is 5.75 Å². The Hall–Kier alpha value is -3.93. The number of nitrogens with zero attached hydrogens (tertiary/aromatic N) is 2. The van der Waals surface area contributed by atoms with E-state index in [1.807, 2.05) is 60.7 Å². The van der Waals surface area contributed by atoms with E-state index in [0.717, 1.165) is 41.7 Å². The number of benzene rings is 2. The zero-order valence-electron chi connectivity index (χ0n) is 18.3. The van der Waals surface area contributed by atoms with Gasteiger partial charge in [0.15, 0.2) is 6.61 Å². The molecule has 0 fully saturated rings. The van der Waals surface area contributed by atoms with Crippen LogP contribution in [0.2, 0.25) is 0 Å². The Morgan fingerprint density at radius 3 is 2.64 bits per heavy atom. The van der Waals surface area contributed by atoms with Crippen molar-refractivity contribution < 1.29 is 19.5 Å². The molecule has 1 aromatic heterocycles. The lowest BCUT2D eigenvalue weighted by atomic mass is 9.82. The quantitative estimate of drug-likeness (QED) is 0.219. The summed E-state index contributed by atoms with van der Waals surface area (Å²) in [7, 11) is 0. The van der Waals surface area contributed by atoms with Gasteiger partial charge in [-0.25, -0.2) is 4.79 Å². The normalized spacial score (nSPS) is 15.8. The Kier molecular flexibility index (Phi) is 7.48. The predicted octanol–water partition coefficient (Wildman–Crippen LogP) is 4.99. The van der Waals surface area contributed by atoms with Crippen molar-refractivity contribution in [3.63, 3.8) is 0 Å². The molecule has 0 spiro atoms. The molecule has 1 unspecified atom stereocenters. The number of carboxylic acids is 1. The van der Waals surface area contributed by atoms with Crippen LogP contribution in [0, 0.1) is 0 Å². The minimum Gasteiger partial charge on any atom is -0.482 e. The van der Waals surface area contributed by atoms with Crippen molar-refractivity contribution in [3.05, 3.63) is 107 Å². The van der Waals surface area contributed by atoms with Crippen LogP contribution in [0.3, 0.4) is 0 Å². The molecule has 1 atom stereocenters. The Morgan fingerprint density at radius 2 is 1.85 bits per heavy atom. The Bertz CT molecular complexity index is 1090. The molecule has 33 heavy (non-hydrogen) atoms. The van der Waals surface area contributed by atoms with Crippen molar-refractivity contribution in [2.24, 2.45) is 5.16 Å². The predicted molar refractivity (Wildman–Crippen MR) is 127 cm³/mol. The van der Waals surface area contributed by atoms with Crippen molar-refractivity contribution in [2.75, 3.05) is 13.2 Å². The maximum absolute atomic E-state index is 10.9. The van der Waals surface area contributed by atoms with Crippen molar-refractivity contribution in [1.29, 1.82) is 0 Å². The van der Waals surface area contributed by atoms with E-state index in [-0.39, 0.29) is 12.5 Å². The average molecular weight is 443 g/mol. The minimum absolute atomic E-state index is 0.239. The molecular formula is C27H26N2O4. The summed E-state index contributed by atoms with van der Waals surface area (Å²) < 4.78 is 5.50. The molecule has 0 aliphatic heterocycles. The maximum Gasteiger partial charge on any atom is 0.341 e. The first kappa shape index (κ1) is 22.3. The van der Waals surface area contributed by atoms with E-state index < -0.39 is 5.97 Å².